The van der Waals surface area contributed by atoms with Crippen molar-refractivity contribution in [3.05, 3.63) is 76.8 Å². The number of halogens is 4. The summed E-state index contributed by atoms with van der Waals surface area (Å²) < 4.78 is 46.5. The Hall–Kier alpha value is -3.00. The fourth-order valence-electron chi connectivity index (χ4n) is 2.04. The van der Waals surface area contributed by atoms with Crippen LogP contribution >= 0.6 is 11.6 Å². The van der Waals surface area contributed by atoms with Crippen LogP contribution in [0.2, 0.25) is 5.02 Å². The molecule has 0 aliphatic carbocycles. The highest BCUT2D eigenvalue weighted by atomic mass is 35.5. The number of hydrogen-bond acceptors (Lipinski definition) is 3. The molecule has 0 fully saturated rings. The Morgan fingerprint density at radius 1 is 1.12 bits per heavy atom. The number of rotatable bonds is 5. The van der Waals surface area contributed by atoms with E-state index in [1.165, 1.54) is 29.1 Å². The summed E-state index contributed by atoms with van der Waals surface area (Å²) in [5, 5.41) is 6.13. The molecule has 134 valence electrons. The van der Waals surface area contributed by atoms with Gasteiger partial charge in [-0.2, -0.15) is 5.10 Å². The van der Waals surface area contributed by atoms with Crippen LogP contribution in [0.4, 0.5) is 18.9 Å². The van der Waals surface area contributed by atoms with Crippen LogP contribution in [0.25, 0.3) is 0 Å². The van der Waals surface area contributed by atoms with E-state index in [0.717, 1.165) is 24.3 Å². The molecule has 0 saturated carbocycles. The van der Waals surface area contributed by atoms with E-state index in [1.807, 2.05) is 0 Å². The van der Waals surface area contributed by atoms with Crippen LogP contribution < -0.4 is 10.1 Å². The molecule has 0 spiro atoms. The van der Waals surface area contributed by atoms with E-state index >= 15 is 0 Å². The van der Waals surface area contributed by atoms with Gasteiger partial charge in [-0.15, -0.1) is 0 Å². The topological polar surface area (TPSA) is 56.2 Å². The molecular weight excluding hydrogens is 371 g/mol. The third-order valence-electron chi connectivity index (χ3n) is 3.30. The molecule has 3 aromatic rings. The summed E-state index contributed by atoms with van der Waals surface area (Å²) in [4.78, 5) is 12.1. The number of benzene rings is 2. The van der Waals surface area contributed by atoms with Crippen molar-refractivity contribution in [2.45, 2.75) is 6.73 Å². The molecule has 0 saturated heterocycles. The maximum absolute atomic E-state index is 13.6. The lowest BCUT2D eigenvalue weighted by molar-refractivity contribution is 0.101. The van der Waals surface area contributed by atoms with E-state index in [-0.39, 0.29) is 23.1 Å². The van der Waals surface area contributed by atoms with Crippen molar-refractivity contribution in [1.82, 2.24) is 9.78 Å². The average Bonchev–Trinajstić information content (AvgIpc) is 3.08. The standard InChI is InChI=1S/C17H11ClF3N3O2/c18-12-8-11(2-4-13(12)20)26-9-24-6-5-15(23-24)17(25)22-16-7-10(19)1-3-14(16)21/h1-8H,9H2,(H,22,25). The number of carbonyl (C=O) groups is 1. The quantitative estimate of drug-likeness (QED) is 0.719. The third kappa shape index (κ3) is 4.15. The Morgan fingerprint density at radius 3 is 2.65 bits per heavy atom. The molecule has 1 heterocycles. The van der Waals surface area contributed by atoms with Crippen molar-refractivity contribution in [2.24, 2.45) is 0 Å². The molecule has 2 aromatic carbocycles. The van der Waals surface area contributed by atoms with Crippen LogP contribution in [0.15, 0.2) is 48.7 Å². The first-order valence-electron chi connectivity index (χ1n) is 7.30. The van der Waals surface area contributed by atoms with Gasteiger partial charge in [0.15, 0.2) is 12.4 Å². The molecule has 1 amide bonds. The van der Waals surface area contributed by atoms with Crippen molar-refractivity contribution in [2.75, 3.05) is 5.32 Å². The first kappa shape index (κ1) is 17.8. The summed E-state index contributed by atoms with van der Waals surface area (Å²) in [6.07, 6.45) is 1.46. The van der Waals surface area contributed by atoms with Crippen LogP contribution in [0.5, 0.6) is 5.75 Å². The van der Waals surface area contributed by atoms with Gasteiger partial charge in [0.1, 0.15) is 23.2 Å². The normalized spacial score (nSPS) is 10.6. The Morgan fingerprint density at radius 2 is 1.88 bits per heavy atom. The van der Waals surface area contributed by atoms with Crippen molar-refractivity contribution >= 4 is 23.2 Å². The number of carbonyl (C=O) groups excluding carboxylic acids is 1. The summed E-state index contributed by atoms with van der Waals surface area (Å²) in [6, 6.07) is 7.96. The van der Waals surface area contributed by atoms with Crippen LogP contribution in [0, 0.1) is 17.5 Å². The van der Waals surface area contributed by atoms with E-state index in [4.69, 9.17) is 16.3 Å². The second-order valence-corrected chi connectivity index (χ2v) is 5.58. The van der Waals surface area contributed by atoms with Gasteiger partial charge in [0.2, 0.25) is 0 Å². The SMILES string of the molecule is O=C(Nc1cc(F)ccc1F)c1ccn(COc2ccc(F)c(Cl)c2)n1. The van der Waals surface area contributed by atoms with Crippen molar-refractivity contribution in [1.29, 1.82) is 0 Å². The monoisotopic (exact) mass is 381 g/mol. The average molecular weight is 382 g/mol. The first-order chi connectivity index (χ1) is 12.4. The fraction of sp³-hybridized carbons (Fsp3) is 0.0588. The number of ether oxygens (including phenoxy) is 1. The van der Waals surface area contributed by atoms with E-state index in [1.54, 1.807) is 0 Å². The lowest BCUT2D eigenvalue weighted by Gasteiger charge is -2.07. The van der Waals surface area contributed by atoms with Crippen LogP contribution in [0.3, 0.4) is 0 Å². The highest BCUT2D eigenvalue weighted by Crippen LogP contribution is 2.21. The molecule has 3 rings (SSSR count). The number of nitrogens with zero attached hydrogens (tertiary/aromatic N) is 2. The van der Waals surface area contributed by atoms with E-state index < -0.39 is 23.4 Å². The van der Waals surface area contributed by atoms with Crippen LogP contribution in [0.1, 0.15) is 10.5 Å². The van der Waals surface area contributed by atoms with Crippen molar-refractivity contribution < 1.29 is 22.7 Å². The predicted molar refractivity (Wildman–Crippen MR) is 88.6 cm³/mol. The number of amides is 1. The van der Waals surface area contributed by atoms with Gasteiger partial charge in [-0.05, 0) is 30.3 Å². The number of nitrogens with one attached hydrogen (secondary N) is 1. The highest BCUT2D eigenvalue weighted by molar-refractivity contribution is 6.30. The lowest BCUT2D eigenvalue weighted by atomic mass is 10.3. The molecule has 0 unspecified atom stereocenters. The minimum atomic E-state index is -0.768. The second-order valence-electron chi connectivity index (χ2n) is 5.17. The molecule has 0 radical (unpaired) electrons. The molecule has 1 aromatic heterocycles. The lowest BCUT2D eigenvalue weighted by Crippen LogP contribution is -2.15. The second kappa shape index (κ2) is 7.49. The maximum atomic E-state index is 13.6. The minimum absolute atomic E-state index is 0.0191. The van der Waals surface area contributed by atoms with Gasteiger partial charge in [-0.25, -0.2) is 17.9 Å². The molecule has 0 atom stereocenters. The first-order valence-corrected chi connectivity index (χ1v) is 7.68. The summed E-state index contributed by atoms with van der Waals surface area (Å²) in [7, 11) is 0. The molecule has 0 aliphatic rings. The number of anilines is 1. The number of hydrogen-bond donors (Lipinski definition) is 1. The van der Waals surface area contributed by atoms with Crippen molar-refractivity contribution in [3.63, 3.8) is 0 Å². The zero-order valence-electron chi connectivity index (χ0n) is 13.0. The highest BCUT2D eigenvalue weighted by Gasteiger charge is 2.13. The van der Waals surface area contributed by atoms with Gasteiger partial charge in [0.25, 0.3) is 5.91 Å². The van der Waals surface area contributed by atoms with Crippen LogP contribution in [-0.2, 0) is 6.73 Å². The summed E-state index contributed by atoms with van der Waals surface area (Å²) in [5.41, 5.74) is -0.309. The van der Waals surface area contributed by atoms with E-state index in [9.17, 15) is 18.0 Å². The zero-order valence-corrected chi connectivity index (χ0v) is 13.8. The van der Waals surface area contributed by atoms with Gasteiger partial charge < -0.3 is 10.1 Å². The molecular formula is C17H11ClF3N3O2. The zero-order chi connectivity index (χ0) is 18.7. The molecule has 0 aliphatic heterocycles. The van der Waals surface area contributed by atoms with Gasteiger partial charge in [-0.1, -0.05) is 11.6 Å². The van der Waals surface area contributed by atoms with E-state index in [2.05, 4.69) is 10.4 Å². The minimum Gasteiger partial charge on any atom is -0.471 e. The Kier molecular flexibility index (Phi) is 5.13. The van der Waals surface area contributed by atoms with Gasteiger partial charge in [-0.3, -0.25) is 4.79 Å². The molecule has 5 nitrogen and oxygen atoms in total. The smallest absolute Gasteiger partial charge is 0.276 e. The number of aromatic nitrogens is 2. The van der Waals surface area contributed by atoms with E-state index in [0.29, 0.717) is 5.75 Å². The molecule has 0 bridgehead atoms. The van der Waals surface area contributed by atoms with Crippen molar-refractivity contribution in [3.8, 4) is 5.75 Å². The largest absolute Gasteiger partial charge is 0.471 e. The molecule has 26 heavy (non-hydrogen) atoms. The summed E-state index contributed by atoms with van der Waals surface area (Å²) >= 11 is 5.65. The van der Waals surface area contributed by atoms with Gasteiger partial charge >= 0.3 is 0 Å². The summed E-state index contributed by atoms with van der Waals surface area (Å²) in [6.45, 7) is -0.0659. The fourth-order valence-corrected chi connectivity index (χ4v) is 2.21. The summed E-state index contributed by atoms with van der Waals surface area (Å²) in [5.74, 6) is -2.41. The predicted octanol–water partition coefficient (Wildman–Crippen LogP) is 4.24. The third-order valence-corrected chi connectivity index (χ3v) is 3.59. The Labute approximate surface area is 151 Å². The molecule has 9 heteroatoms. The maximum Gasteiger partial charge on any atom is 0.276 e. The Balaban J connectivity index is 1.64. The van der Waals surface area contributed by atoms with Gasteiger partial charge in [0, 0.05) is 18.3 Å². The molecule has 1 N–H and O–H groups in total. The van der Waals surface area contributed by atoms with Crippen LogP contribution in [-0.4, -0.2) is 15.7 Å². The van der Waals surface area contributed by atoms with Gasteiger partial charge in [0.05, 0.1) is 10.7 Å². The Bertz CT molecular complexity index is 962.